The molecular formula is C13H22ClN3O3S. The molecule has 0 aromatic carbocycles. The number of hydrogen-bond donors (Lipinski definition) is 0. The smallest absolute Gasteiger partial charge is 0.247 e. The molecule has 0 bridgehead atoms. The van der Waals surface area contributed by atoms with Crippen molar-refractivity contribution in [3.05, 3.63) is 11.4 Å². The molecule has 8 heteroatoms. The molecule has 2 heterocycles. The summed E-state index contributed by atoms with van der Waals surface area (Å²) >= 11 is 5.70. The average molecular weight is 336 g/mol. The Balaban J connectivity index is 2.38. The minimum atomic E-state index is -3.54. The molecule has 1 aliphatic heterocycles. The molecule has 1 atom stereocenters. The normalized spacial score (nSPS) is 20.9. The predicted molar refractivity (Wildman–Crippen MR) is 81.2 cm³/mol. The Kier molecular flexibility index (Phi) is 5.29. The van der Waals surface area contributed by atoms with E-state index in [0.29, 0.717) is 48.5 Å². The molecule has 0 aliphatic carbocycles. The summed E-state index contributed by atoms with van der Waals surface area (Å²) in [4.78, 5) is 0.325. The first kappa shape index (κ1) is 16.7. The number of morpholine rings is 1. The Bertz CT molecular complexity index is 600. The molecule has 0 saturated carbocycles. The lowest BCUT2D eigenvalue weighted by Crippen LogP contribution is -2.47. The highest BCUT2D eigenvalue weighted by molar-refractivity contribution is 7.89. The van der Waals surface area contributed by atoms with E-state index in [1.807, 2.05) is 6.92 Å². The number of rotatable bonds is 5. The second-order valence-corrected chi connectivity index (χ2v) is 7.51. The number of hydrogen-bond acceptors (Lipinski definition) is 4. The third kappa shape index (κ3) is 3.26. The standard InChI is InChI=1S/C13H22ClN3O3S/c1-10-9-20-8-7-17(10)21(18,19)13-11(2)15-16(12(13)3)6-4-5-14/h10H,4-9H2,1-3H3. The minimum Gasteiger partial charge on any atom is -0.378 e. The highest BCUT2D eigenvalue weighted by Crippen LogP contribution is 2.26. The number of halogens is 1. The van der Waals surface area contributed by atoms with Gasteiger partial charge in [-0.2, -0.15) is 9.40 Å². The molecule has 0 spiro atoms. The summed E-state index contributed by atoms with van der Waals surface area (Å²) in [6, 6.07) is -0.159. The van der Waals surface area contributed by atoms with Gasteiger partial charge in [0.15, 0.2) is 0 Å². The van der Waals surface area contributed by atoms with Gasteiger partial charge >= 0.3 is 0 Å². The van der Waals surface area contributed by atoms with Crippen molar-refractivity contribution in [1.82, 2.24) is 14.1 Å². The van der Waals surface area contributed by atoms with Crippen molar-refractivity contribution in [3.8, 4) is 0 Å². The lowest BCUT2D eigenvalue weighted by molar-refractivity contribution is 0.0392. The van der Waals surface area contributed by atoms with Crippen LogP contribution in [0, 0.1) is 13.8 Å². The van der Waals surface area contributed by atoms with Gasteiger partial charge < -0.3 is 4.74 Å². The summed E-state index contributed by atoms with van der Waals surface area (Å²) < 4.78 is 34.4. The predicted octanol–water partition coefficient (Wildman–Crippen LogP) is 1.54. The van der Waals surface area contributed by atoms with E-state index >= 15 is 0 Å². The topological polar surface area (TPSA) is 64.4 Å². The van der Waals surface area contributed by atoms with Crippen LogP contribution in [0.3, 0.4) is 0 Å². The number of alkyl halides is 1. The summed E-state index contributed by atoms with van der Waals surface area (Å²) in [6.45, 7) is 7.27. The van der Waals surface area contributed by atoms with Crippen molar-refractivity contribution in [2.24, 2.45) is 0 Å². The summed E-state index contributed by atoms with van der Waals surface area (Å²) in [5.41, 5.74) is 1.22. The molecule has 1 saturated heterocycles. The number of aromatic nitrogens is 2. The van der Waals surface area contributed by atoms with Gasteiger partial charge in [0.2, 0.25) is 10.0 Å². The highest BCUT2D eigenvalue weighted by Gasteiger charge is 2.35. The van der Waals surface area contributed by atoms with Crippen LogP contribution in [0.2, 0.25) is 0 Å². The van der Waals surface area contributed by atoms with Gasteiger partial charge in [0, 0.05) is 25.0 Å². The minimum absolute atomic E-state index is 0.159. The molecule has 1 aromatic rings. The molecule has 1 aliphatic rings. The molecule has 0 amide bonds. The Hall–Kier alpha value is -0.630. The second kappa shape index (κ2) is 6.64. The quantitative estimate of drug-likeness (QED) is 0.766. The van der Waals surface area contributed by atoms with Crippen molar-refractivity contribution in [2.45, 2.75) is 44.7 Å². The third-order valence-corrected chi connectivity index (χ3v) is 6.23. The number of ether oxygens (including phenoxy) is 1. The zero-order chi connectivity index (χ0) is 15.6. The lowest BCUT2D eigenvalue weighted by atomic mass is 10.3. The van der Waals surface area contributed by atoms with Gasteiger partial charge in [-0.25, -0.2) is 8.42 Å². The SMILES string of the molecule is Cc1nn(CCCCl)c(C)c1S(=O)(=O)N1CCOCC1C. The summed E-state index contributed by atoms with van der Waals surface area (Å²) in [5, 5.41) is 4.35. The molecule has 1 fully saturated rings. The van der Waals surface area contributed by atoms with E-state index in [4.69, 9.17) is 16.3 Å². The van der Waals surface area contributed by atoms with Crippen LogP contribution >= 0.6 is 11.6 Å². The van der Waals surface area contributed by atoms with Crippen LogP contribution in [0.15, 0.2) is 4.90 Å². The lowest BCUT2D eigenvalue weighted by Gasteiger charge is -2.32. The molecule has 2 rings (SSSR count). The largest absolute Gasteiger partial charge is 0.378 e. The molecule has 0 N–H and O–H groups in total. The fourth-order valence-corrected chi connectivity index (χ4v) is 4.76. The van der Waals surface area contributed by atoms with E-state index in [2.05, 4.69) is 5.10 Å². The molecule has 1 unspecified atom stereocenters. The second-order valence-electron chi connectivity index (χ2n) is 5.31. The van der Waals surface area contributed by atoms with Crippen molar-refractivity contribution >= 4 is 21.6 Å². The maximum Gasteiger partial charge on any atom is 0.247 e. The maximum absolute atomic E-state index is 12.9. The molecule has 21 heavy (non-hydrogen) atoms. The van der Waals surface area contributed by atoms with Crippen molar-refractivity contribution in [2.75, 3.05) is 25.6 Å². The monoisotopic (exact) mass is 335 g/mol. The van der Waals surface area contributed by atoms with E-state index in [0.717, 1.165) is 6.42 Å². The molecule has 6 nitrogen and oxygen atoms in total. The van der Waals surface area contributed by atoms with Gasteiger partial charge in [-0.1, -0.05) is 0 Å². The Morgan fingerprint density at radius 3 is 2.76 bits per heavy atom. The van der Waals surface area contributed by atoms with Gasteiger partial charge in [0.1, 0.15) is 4.90 Å². The molecule has 120 valence electrons. The zero-order valence-electron chi connectivity index (χ0n) is 12.7. The zero-order valence-corrected chi connectivity index (χ0v) is 14.2. The highest BCUT2D eigenvalue weighted by atomic mass is 35.5. The average Bonchev–Trinajstić information content (AvgIpc) is 2.71. The van der Waals surface area contributed by atoms with E-state index in [1.54, 1.807) is 18.5 Å². The van der Waals surface area contributed by atoms with Gasteiger partial charge in [-0.15, -0.1) is 11.6 Å². The molecule has 0 radical (unpaired) electrons. The van der Waals surface area contributed by atoms with Crippen LogP contribution < -0.4 is 0 Å². The van der Waals surface area contributed by atoms with Crippen molar-refractivity contribution in [3.63, 3.8) is 0 Å². The van der Waals surface area contributed by atoms with E-state index in [1.165, 1.54) is 4.31 Å². The Morgan fingerprint density at radius 1 is 1.43 bits per heavy atom. The number of nitrogens with zero attached hydrogens (tertiary/aromatic N) is 3. The first-order valence-corrected chi connectivity index (χ1v) is 9.06. The molecular weight excluding hydrogens is 314 g/mol. The van der Waals surface area contributed by atoms with Gasteiger partial charge in [-0.05, 0) is 27.2 Å². The van der Waals surface area contributed by atoms with Crippen LogP contribution in [0.4, 0.5) is 0 Å². The summed E-state index contributed by atoms with van der Waals surface area (Å²) in [6.07, 6.45) is 0.761. The van der Waals surface area contributed by atoms with Crippen LogP contribution in [0.25, 0.3) is 0 Å². The van der Waals surface area contributed by atoms with Gasteiger partial charge in [0.25, 0.3) is 0 Å². The van der Waals surface area contributed by atoms with Crippen molar-refractivity contribution < 1.29 is 13.2 Å². The Morgan fingerprint density at radius 2 is 2.14 bits per heavy atom. The maximum atomic E-state index is 12.9. The summed E-state index contributed by atoms with van der Waals surface area (Å²) in [7, 11) is -3.54. The fraction of sp³-hybridized carbons (Fsp3) is 0.769. The number of aryl methyl sites for hydroxylation is 2. The van der Waals surface area contributed by atoms with E-state index in [-0.39, 0.29) is 6.04 Å². The van der Waals surface area contributed by atoms with Crippen LogP contribution in [-0.4, -0.2) is 54.2 Å². The van der Waals surface area contributed by atoms with Gasteiger partial charge in [0.05, 0.1) is 24.6 Å². The Labute approximate surface area is 131 Å². The first-order chi connectivity index (χ1) is 9.89. The van der Waals surface area contributed by atoms with Crippen molar-refractivity contribution in [1.29, 1.82) is 0 Å². The first-order valence-electron chi connectivity index (χ1n) is 7.09. The summed E-state index contributed by atoms with van der Waals surface area (Å²) in [5.74, 6) is 0.529. The number of sulfonamides is 1. The van der Waals surface area contributed by atoms with E-state index in [9.17, 15) is 8.42 Å². The van der Waals surface area contributed by atoms with E-state index < -0.39 is 10.0 Å². The fourth-order valence-electron chi connectivity index (χ4n) is 2.67. The van der Waals surface area contributed by atoms with Crippen LogP contribution in [0.5, 0.6) is 0 Å². The van der Waals surface area contributed by atoms with Crippen LogP contribution in [-0.2, 0) is 21.3 Å². The van der Waals surface area contributed by atoms with Gasteiger partial charge in [-0.3, -0.25) is 4.68 Å². The van der Waals surface area contributed by atoms with Crippen LogP contribution in [0.1, 0.15) is 24.7 Å². The third-order valence-electron chi connectivity index (χ3n) is 3.69. The molecule has 1 aromatic heterocycles.